The normalized spacial score (nSPS) is 13.6. The third kappa shape index (κ3) is 4.14. The molecular formula is C12H16N6O3. The Kier molecular flexibility index (Phi) is 4.67. The minimum absolute atomic E-state index is 0.0830. The number of nitrogens with zero attached hydrogens (tertiary/aromatic N) is 2. The molecule has 0 fully saturated rings. The fraction of sp³-hybridized carbons (Fsp3) is 0.333. The molecule has 21 heavy (non-hydrogen) atoms. The van der Waals surface area contributed by atoms with Crippen LogP contribution in [-0.4, -0.2) is 49.0 Å². The van der Waals surface area contributed by atoms with Crippen LogP contribution in [0.5, 0.6) is 0 Å². The number of amides is 1. The molecule has 112 valence electrons. The highest BCUT2D eigenvalue weighted by molar-refractivity contribution is 5.87. The van der Waals surface area contributed by atoms with Gasteiger partial charge in [0.05, 0.1) is 30.1 Å². The molecule has 2 heterocycles. The molecule has 0 aliphatic heterocycles. The first kappa shape index (κ1) is 14.7. The Morgan fingerprint density at radius 1 is 1.19 bits per heavy atom. The molecule has 0 aliphatic rings. The lowest BCUT2D eigenvalue weighted by molar-refractivity contribution is -0.142. The molecular weight excluding hydrogens is 276 g/mol. The summed E-state index contributed by atoms with van der Waals surface area (Å²) in [6.45, 7) is 0. The quantitative estimate of drug-likeness (QED) is 0.433. The molecule has 2 aromatic rings. The Hall–Kier alpha value is -2.68. The lowest BCUT2D eigenvalue weighted by atomic mass is 10.1. The maximum absolute atomic E-state index is 11.9. The first-order valence-electron chi connectivity index (χ1n) is 6.30. The van der Waals surface area contributed by atoms with Crippen molar-refractivity contribution < 1.29 is 14.7 Å². The molecule has 0 saturated carbocycles. The second kappa shape index (κ2) is 6.66. The number of aliphatic carboxylic acids is 1. The number of imidazole rings is 2. The minimum Gasteiger partial charge on any atom is -0.480 e. The number of aromatic nitrogens is 4. The zero-order valence-corrected chi connectivity index (χ0v) is 11.1. The van der Waals surface area contributed by atoms with Crippen LogP contribution in [0.2, 0.25) is 0 Å². The van der Waals surface area contributed by atoms with Crippen molar-refractivity contribution in [3.8, 4) is 0 Å². The third-order valence-electron chi connectivity index (χ3n) is 2.90. The molecule has 1 amide bonds. The molecule has 1 unspecified atom stereocenters. The Balaban J connectivity index is 1.92. The van der Waals surface area contributed by atoms with Crippen LogP contribution in [0, 0.1) is 0 Å². The van der Waals surface area contributed by atoms with E-state index in [4.69, 9.17) is 10.8 Å². The summed E-state index contributed by atoms with van der Waals surface area (Å²) in [6.07, 6.45) is 6.44. The predicted molar refractivity (Wildman–Crippen MR) is 72.1 cm³/mol. The fourth-order valence-electron chi connectivity index (χ4n) is 1.81. The molecule has 0 aliphatic carbocycles. The molecule has 0 aromatic carbocycles. The molecule has 2 aromatic heterocycles. The van der Waals surface area contributed by atoms with Gasteiger partial charge in [0.25, 0.3) is 0 Å². The highest BCUT2D eigenvalue weighted by Gasteiger charge is 2.24. The first-order chi connectivity index (χ1) is 10.1. The maximum Gasteiger partial charge on any atom is 0.326 e. The van der Waals surface area contributed by atoms with Crippen LogP contribution < -0.4 is 11.1 Å². The van der Waals surface area contributed by atoms with Gasteiger partial charge in [0.15, 0.2) is 0 Å². The van der Waals surface area contributed by atoms with Gasteiger partial charge in [-0.05, 0) is 0 Å². The van der Waals surface area contributed by atoms with Crippen LogP contribution in [0.4, 0.5) is 0 Å². The van der Waals surface area contributed by atoms with Gasteiger partial charge >= 0.3 is 5.97 Å². The van der Waals surface area contributed by atoms with Crippen molar-refractivity contribution in [3.63, 3.8) is 0 Å². The van der Waals surface area contributed by atoms with Crippen molar-refractivity contribution in [3.05, 3.63) is 36.4 Å². The molecule has 0 bridgehead atoms. The molecule has 2 atom stereocenters. The van der Waals surface area contributed by atoms with E-state index in [1.807, 2.05) is 0 Å². The van der Waals surface area contributed by atoms with E-state index in [1.165, 1.54) is 12.7 Å². The number of aromatic amines is 2. The number of carboxylic acid groups (broad SMARTS) is 1. The first-order valence-corrected chi connectivity index (χ1v) is 6.30. The molecule has 0 saturated heterocycles. The summed E-state index contributed by atoms with van der Waals surface area (Å²) in [5.41, 5.74) is 6.93. The van der Waals surface area contributed by atoms with Crippen LogP contribution in [0.3, 0.4) is 0 Å². The summed E-state index contributed by atoms with van der Waals surface area (Å²) in [5, 5.41) is 11.6. The molecule has 9 nitrogen and oxygen atoms in total. The third-order valence-corrected chi connectivity index (χ3v) is 2.90. The van der Waals surface area contributed by atoms with Crippen molar-refractivity contribution in [2.24, 2.45) is 5.73 Å². The topological polar surface area (TPSA) is 150 Å². The van der Waals surface area contributed by atoms with E-state index in [0.29, 0.717) is 11.4 Å². The maximum atomic E-state index is 11.9. The number of H-pyrrole nitrogens is 2. The average molecular weight is 292 g/mol. The number of hydrogen-bond acceptors (Lipinski definition) is 5. The minimum atomic E-state index is -1.14. The summed E-state index contributed by atoms with van der Waals surface area (Å²) in [6, 6.07) is -1.94. The summed E-state index contributed by atoms with van der Waals surface area (Å²) in [7, 11) is 0. The van der Waals surface area contributed by atoms with Gasteiger partial charge in [-0.3, -0.25) is 4.79 Å². The second-order valence-electron chi connectivity index (χ2n) is 4.54. The summed E-state index contributed by atoms with van der Waals surface area (Å²) >= 11 is 0. The van der Waals surface area contributed by atoms with Crippen LogP contribution in [0.1, 0.15) is 11.4 Å². The predicted octanol–water partition coefficient (Wildman–Crippen LogP) is -1.19. The van der Waals surface area contributed by atoms with Crippen LogP contribution in [0.15, 0.2) is 25.0 Å². The number of nitrogens with two attached hydrogens (primary N) is 1. The largest absolute Gasteiger partial charge is 0.480 e. The van der Waals surface area contributed by atoms with E-state index in [-0.39, 0.29) is 12.8 Å². The lowest BCUT2D eigenvalue weighted by Crippen LogP contribution is -2.50. The van der Waals surface area contributed by atoms with E-state index in [1.54, 1.807) is 12.4 Å². The summed E-state index contributed by atoms with van der Waals surface area (Å²) < 4.78 is 0. The molecule has 2 rings (SSSR count). The average Bonchev–Trinajstić information content (AvgIpc) is 3.10. The van der Waals surface area contributed by atoms with Crippen molar-refractivity contribution in [1.29, 1.82) is 0 Å². The Morgan fingerprint density at radius 3 is 2.24 bits per heavy atom. The lowest BCUT2D eigenvalue weighted by Gasteiger charge is -2.16. The summed E-state index contributed by atoms with van der Waals surface area (Å²) in [4.78, 5) is 36.5. The molecule has 6 N–H and O–H groups in total. The number of carbonyl (C=O) groups excluding carboxylic acids is 1. The Morgan fingerprint density at radius 2 is 1.76 bits per heavy atom. The monoisotopic (exact) mass is 292 g/mol. The molecule has 0 spiro atoms. The van der Waals surface area contributed by atoms with Gasteiger partial charge in [-0.1, -0.05) is 0 Å². The van der Waals surface area contributed by atoms with Gasteiger partial charge in [-0.25, -0.2) is 14.8 Å². The van der Waals surface area contributed by atoms with Crippen molar-refractivity contribution in [1.82, 2.24) is 25.3 Å². The number of nitrogens with one attached hydrogen (secondary N) is 3. The standard InChI is InChI=1S/C12H16N6O3/c13-9(1-7-3-14-5-16-7)11(19)18-10(12(20)21)2-8-4-15-6-17-8/h3-6,9-10H,1-2,13H2,(H,14,16)(H,15,17)(H,18,19)(H,20,21)/t9?,10-/m0/s1. The van der Waals surface area contributed by atoms with E-state index in [2.05, 4.69) is 25.3 Å². The van der Waals surface area contributed by atoms with E-state index < -0.39 is 24.0 Å². The van der Waals surface area contributed by atoms with Crippen LogP contribution in [-0.2, 0) is 22.4 Å². The number of carbonyl (C=O) groups is 2. The van der Waals surface area contributed by atoms with E-state index in [0.717, 1.165) is 0 Å². The van der Waals surface area contributed by atoms with Gasteiger partial charge in [-0.15, -0.1) is 0 Å². The zero-order valence-electron chi connectivity index (χ0n) is 11.1. The van der Waals surface area contributed by atoms with Crippen molar-refractivity contribution >= 4 is 11.9 Å². The smallest absolute Gasteiger partial charge is 0.326 e. The highest BCUT2D eigenvalue weighted by Crippen LogP contribution is 2.01. The fourth-order valence-corrected chi connectivity index (χ4v) is 1.81. The Labute approximate surface area is 120 Å². The van der Waals surface area contributed by atoms with Crippen molar-refractivity contribution in [2.75, 3.05) is 0 Å². The molecule has 9 heteroatoms. The highest BCUT2D eigenvalue weighted by atomic mass is 16.4. The molecule has 0 radical (unpaired) electrons. The second-order valence-corrected chi connectivity index (χ2v) is 4.54. The SMILES string of the molecule is NC(Cc1c[nH]cn1)C(=O)N[C@@H](Cc1c[nH]cn1)C(=O)O. The van der Waals surface area contributed by atoms with Crippen LogP contribution >= 0.6 is 0 Å². The van der Waals surface area contributed by atoms with Gasteiger partial charge in [0.2, 0.25) is 5.91 Å². The zero-order chi connectivity index (χ0) is 15.2. The number of carboxylic acids is 1. The number of hydrogen-bond donors (Lipinski definition) is 5. The summed E-state index contributed by atoms with van der Waals surface area (Å²) in [5.74, 6) is -1.68. The van der Waals surface area contributed by atoms with E-state index >= 15 is 0 Å². The van der Waals surface area contributed by atoms with Gasteiger partial charge in [-0.2, -0.15) is 0 Å². The van der Waals surface area contributed by atoms with Gasteiger partial charge in [0.1, 0.15) is 6.04 Å². The van der Waals surface area contributed by atoms with Gasteiger partial charge in [0, 0.05) is 25.2 Å². The van der Waals surface area contributed by atoms with Crippen LogP contribution in [0.25, 0.3) is 0 Å². The Bertz CT molecular complexity index is 580. The van der Waals surface area contributed by atoms with Gasteiger partial charge < -0.3 is 26.1 Å². The van der Waals surface area contributed by atoms with E-state index in [9.17, 15) is 9.59 Å². The number of rotatable bonds is 7. The van der Waals surface area contributed by atoms with Crippen molar-refractivity contribution in [2.45, 2.75) is 24.9 Å².